The summed E-state index contributed by atoms with van der Waals surface area (Å²) in [4.78, 5) is 0. The number of benzene rings is 1. The van der Waals surface area contributed by atoms with E-state index in [9.17, 15) is 5.11 Å². The number of aliphatic hydroxyl groups excluding tert-OH is 1. The maximum Gasteiger partial charge on any atom is 0.0953 e. The van der Waals surface area contributed by atoms with Gasteiger partial charge < -0.3 is 16.6 Å². The summed E-state index contributed by atoms with van der Waals surface area (Å²) in [6.07, 6.45) is -0.656. The van der Waals surface area contributed by atoms with Crippen LogP contribution in [0.3, 0.4) is 0 Å². The molecule has 0 aromatic heterocycles. The average Bonchev–Trinajstić information content (AvgIpc) is 2.17. The molecule has 5 heteroatoms. The van der Waals surface area contributed by atoms with Gasteiger partial charge in [-0.15, -0.1) is 24.8 Å². The van der Waals surface area contributed by atoms with Gasteiger partial charge >= 0.3 is 0 Å². The summed E-state index contributed by atoms with van der Waals surface area (Å²) in [5.41, 5.74) is 11.7. The molecule has 0 aliphatic heterocycles. The smallest absolute Gasteiger partial charge is 0.0953 e. The molecule has 0 saturated carbocycles. The van der Waals surface area contributed by atoms with E-state index in [0.717, 1.165) is 5.56 Å². The van der Waals surface area contributed by atoms with Crippen molar-refractivity contribution in [2.45, 2.75) is 12.1 Å². The van der Waals surface area contributed by atoms with Gasteiger partial charge in [0.1, 0.15) is 0 Å². The Bertz CT molecular complexity index is 234. The van der Waals surface area contributed by atoms with Crippen LogP contribution in [0.15, 0.2) is 30.3 Å². The van der Waals surface area contributed by atoms with Gasteiger partial charge in [0, 0.05) is 12.6 Å². The van der Waals surface area contributed by atoms with Gasteiger partial charge in [-0.25, -0.2) is 0 Å². The monoisotopic (exact) mass is 238 g/mol. The highest BCUT2D eigenvalue weighted by atomic mass is 35.5. The van der Waals surface area contributed by atoms with Crippen molar-refractivity contribution in [3.63, 3.8) is 0 Å². The van der Waals surface area contributed by atoms with E-state index in [-0.39, 0.29) is 37.4 Å². The molecule has 0 fully saturated rings. The van der Waals surface area contributed by atoms with Gasteiger partial charge in [0.15, 0.2) is 0 Å². The standard InChI is InChI=1S/C9H14N2O.2ClH/c10-6-8(11)9(12)7-4-2-1-3-5-7;;/h1-5,8-9,12H,6,10-11H2;2*1H. The summed E-state index contributed by atoms with van der Waals surface area (Å²) in [5, 5.41) is 9.58. The second kappa shape index (κ2) is 8.03. The number of aliphatic hydroxyl groups is 1. The van der Waals surface area contributed by atoms with Crippen molar-refractivity contribution < 1.29 is 5.11 Å². The Kier molecular flexibility index (Phi) is 9.24. The zero-order valence-electron chi connectivity index (χ0n) is 7.67. The fourth-order valence-electron chi connectivity index (χ4n) is 1.03. The van der Waals surface area contributed by atoms with Gasteiger partial charge in [-0.3, -0.25) is 0 Å². The minimum Gasteiger partial charge on any atom is -0.387 e. The third-order valence-corrected chi connectivity index (χ3v) is 1.82. The van der Waals surface area contributed by atoms with Crippen molar-refractivity contribution in [1.29, 1.82) is 0 Å². The highest BCUT2D eigenvalue weighted by molar-refractivity contribution is 5.85. The molecular weight excluding hydrogens is 223 g/mol. The minimum atomic E-state index is -0.656. The quantitative estimate of drug-likeness (QED) is 0.732. The summed E-state index contributed by atoms with van der Waals surface area (Å²) in [5.74, 6) is 0. The van der Waals surface area contributed by atoms with Crippen molar-refractivity contribution in [3.8, 4) is 0 Å². The number of hydrogen-bond acceptors (Lipinski definition) is 3. The van der Waals surface area contributed by atoms with Gasteiger partial charge in [-0.05, 0) is 5.56 Å². The predicted octanol–water partition coefficient (Wildman–Crippen LogP) is 0.850. The van der Waals surface area contributed by atoms with Crippen LogP contribution in [0, 0.1) is 0 Å². The Hall–Kier alpha value is -0.320. The number of rotatable bonds is 3. The fraction of sp³-hybridized carbons (Fsp3) is 0.333. The normalized spacial score (nSPS) is 13.4. The first kappa shape index (κ1) is 16.1. The molecule has 0 bridgehead atoms. The van der Waals surface area contributed by atoms with E-state index in [1.54, 1.807) is 0 Å². The molecule has 0 saturated heterocycles. The lowest BCUT2D eigenvalue weighted by molar-refractivity contribution is 0.149. The van der Waals surface area contributed by atoms with Crippen LogP contribution in [0.4, 0.5) is 0 Å². The second-order valence-corrected chi connectivity index (χ2v) is 2.76. The summed E-state index contributed by atoms with van der Waals surface area (Å²) in [6.45, 7) is 0.288. The van der Waals surface area contributed by atoms with Gasteiger partial charge in [-0.2, -0.15) is 0 Å². The predicted molar refractivity (Wildman–Crippen MR) is 62.9 cm³/mol. The number of nitrogens with two attached hydrogens (primary N) is 2. The lowest BCUT2D eigenvalue weighted by Gasteiger charge is -2.16. The first-order chi connectivity index (χ1) is 5.75. The molecule has 0 amide bonds. The van der Waals surface area contributed by atoms with Crippen LogP contribution in [-0.4, -0.2) is 17.7 Å². The Morgan fingerprint density at radius 3 is 2.07 bits per heavy atom. The molecule has 14 heavy (non-hydrogen) atoms. The molecule has 1 aromatic carbocycles. The highest BCUT2D eigenvalue weighted by Gasteiger charge is 2.13. The van der Waals surface area contributed by atoms with Crippen LogP contribution in [-0.2, 0) is 0 Å². The van der Waals surface area contributed by atoms with Crippen LogP contribution in [0.5, 0.6) is 0 Å². The third kappa shape index (κ3) is 4.26. The number of halogens is 2. The minimum absolute atomic E-state index is 0. The van der Waals surface area contributed by atoms with Gasteiger partial charge in [0.2, 0.25) is 0 Å². The molecule has 5 N–H and O–H groups in total. The molecule has 0 heterocycles. The fourth-order valence-corrected chi connectivity index (χ4v) is 1.03. The van der Waals surface area contributed by atoms with Crippen LogP contribution < -0.4 is 11.5 Å². The molecule has 1 rings (SSSR count). The summed E-state index contributed by atoms with van der Waals surface area (Å²) < 4.78 is 0. The lowest BCUT2D eigenvalue weighted by atomic mass is 10.0. The third-order valence-electron chi connectivity index (χ3n) is 1.82. The molecule has 0 radical (unpaired) electrons. The number of hydrogen-bond donors (Lipinski definition) is 3. The van der Waals surface area contributed by atoms with Crippen LogP contribution >= 0.6 is 24.8 Å². The van der Waals surface area contributed by atoms with E-state index in [1.807, 2.05) is 30.3 Å². The molecule has 0 spiro atoms. The van der Waals surface area contributed by atoms with E-state index >= 15 is 0 Å². The second-order valence-electron chi connectivity index (χ2n) is 2.76. The van der Waals surface area contributed by atoms with E-state index in [1.165, 1.54) is 0 Å². The maximum absolute atomic E-state index is 9.58. The lowest BCUT2D eigenvalue weighted by Crippen LogP contribution is -2.35. The van der Waals surface area contributed by atoms with Gasteiger partial charge in [-0.1, -0.05) is 30.3 Å². The Morgan fingerprint density at radius 1 is 1.14 bits per heavy atom. The molecule has 0 aliphatic rings. The van der Waals surface area contributed by atoms with Crippen LogP contribution in [0.25, 0.3) is 0 Å². The van der Waals surface area contributed by atoms with Gasteiger partial charge in [0.05, 0.1) is 6.10 Å². The SMILES string of the molecule is Cl.Cl.NCC(N)C(O)c1ccccc1. The molecule has 3 nitrogen and oxygen atoms in total. The van der Waals surface area contributed by atoms with E-state index < -0.39 is 6.10 Å². The Labute approximate surface area is 96.3 Å². The first-order valence-corrected chi connectivity index (χ1v) is 3.94. The zero-order valence-corrected chi connectivity index (χ0v) is 9.30. The van der Waals surface area contributed by atoms with Crippen molar-refractivity contribution in [2.24, 2.45) is 11.5 Å². The Morgan fingerprint density at radius 2 is 1.64 bits per heavy atom. The van der Waals surface area contributed by atoms with Gasteiger partial charge in [0.25, 0.3) is 0 Å². The van der Waals surface area contributed by atoms with Crippen LogP contribution in [0.1, 0.15) is 11.7 Å². The molecule has 82 valence electrons. The van der Waals surface area contributed by atoms with E-state index in [0.29, 0.717) is 0 Å². The Balaban J connectivity index is 0. The average molecular weight is 239 g/mol. The topological polar surface area (TPSA) is 72.3 Å². The maximum atomic E-state index is 9.58. The zero-order chi connectivity index (χ0) is 8.97. The molecule has 2 atom stereocenters. The largest absolute Gasteiger partial charge is 0.387 e. The summed E-state index contributed by atoms with van der Waals surface area (Å²) in [7, 11) is 0. The molecule has 1 aromatic rings. The van der Waals surface area contributed by atoms with Crippen molar-refractivity contribution in [3.05, 3.63) is 35.9 Å². The molecular formula is C9H16Cl2N2O. The van der Waals surface area contributed by atoms with Crippen molar-refractivity contribution in [1.82, 2.24) is 0 Å². The van der Waals surface area contributed by atoms with E-state index in [4.69, 9.17) is 11.5 Å². The van der Waals surface area contributed by atoms with E-state index in [2.05, 4.69) is 0 Å². The summed E-state index contributed by atoms with van der Waals surface area (Å²) >= 11 is 0. The molecule has 0 aliphatic carbocycles. The van der Waals surface area contributed by atoms with Crippen LogP contribution in [0.2, 0.25) is 0 Å². The highest BCUT2D eigenvalue weighted by Crippen LogP contribution is 2.13. The summed E-state index contributed by atoms with van der Waals surface area (Å²) in [6, 6.07) is 8.90. The van der Waals surface area contributed by atoms with Crippen molar-refractivity contribution in [2.75, 3.05) is 6.54 Å². The molecule has 2 unspecified atom stereocenters. The van der Waals surface area contributed by atoms with Crippen molar-refractivity contribution >= 4 is 24.8 Å². The first-order valence-electron chi connectivity index (χ1n) is 3.94.